The normalized spacial score (nSPS) is 12.7. The lowest BCUT2D eigenvalue weighted by Crippen LogP contribution is -2.31. The minimum absolute atomic E-state index is 0.254. The molecule has 0 radical (unpaired) electrons. The van der Waals surface area contributed by atoms with Gasteiger partial charge in [0, 0.05) is 10.8 Å². The first-order valence-corrected chi connectivity index (χ1v) is 5.64. The lowest BCUT2D eigenvalue weighted by molar-refractivity contribution is 0.110. The highest BCUT2D eigenvalue weighted by Crippen LogP contribution is 2.16. The fraction of sp³-hybridized carbons (Fsp3) is 0.0714. The maximum atomic E-state index is 10.6. The van der Waals surface area contributed by atoms with Crippen molar-refractivity contribution in [3.8, 4) is 0 Å². The van der Waals surface area contributed by atoms with Crippen molar-refractivity contribution in [3.63, 3.8) is 0 Å². The second-order valence-electron chi connectivity index (χ2n) is 3.84. The molecule has 5 nitrogen and oxygen atoms in total. The summed E-state index contributed by atoms with van der Waals surface area (Å²) in [5.41, 5.74) is 6.42. The summed E-state index contributed by atoms with van der Waals surface area (Å²) in [4.78, 5) is 18.6. The average Bonchev–Trinajstić information content (AvgIpc) is 2.90. The van der Waals surface area contributed by atoms with Crippen LogP contribution in [-0.4, -0.2) is 16.3 Å². The molecule has 5 heteroatoms. The summed E-state index contributed by atoms with van der Waals surface area (Å²) in [6, 6.07) is 3.26. The molecule has 0 amide bonds. The molecule has 0 spiro atoms. The molecule has 0 bridgehead atoms. The largest absolute Gasteiger partial charge is 0.453 e. The van der Waals surface area contributed by atoms with E-state index in [-0.39, 0.29) is 5.76 Å². The molecule has 0 saturated heterocycles. The van der Waals surface area contributed by atoms with Crippen LogP contribution in [0.3, 0.4) is 0 Å². The van der Waals surface area contributed by atoms with Gasteiger partial charge in [0.25, 0.3) is 0 Å². The van der Waals surface area contributed by atoms with Gasteiger partial charge >= 0.3 is 0 Å². The van der Waals surface area contributed by atoms with Crippen LogP contribution in [0.5, 0.6) is 0 Å². The predicted octanol–water partition coefficient (Wildman–Crippen LogP) is 0.759. The molecule has 0 aliphatic carbocycles. The molecule has 2 heterocycles. The Labute approximate surface area is 109 Å². The Hall–Kier alpha value is -2.69. The van der Waals surface area contributed by atoms with Gasteiger partial charge in [-0.2, -0.15) is 0 Å². The van der Waals surface area contributed by atoms with Gasteiger partial charge < -0.3 is 10.2 Å². The third kappa shape index (κ3) is 2.60. The zero-order chi connectivity index (χ0) is 13.8. The molecule has 19 heavy (non-hydrogen) atoms. The van der Waals surface area contributed by atoms with E-state index in [0.717, 1.165) is 5.35 Å². The minimum Gasteiger partial charge on any atom is -0.453 e. The molecule has 2 rings (SSSR count). The molecule has 2 N–H and O–H groups in total. The van der Waals surface area contributed by atoms with Crippen molar-refractivity contribution < 1.29 is 9.21 Å². The molecule has 0 atom stereocenters. The average molecular weight is 255 g/mol. The summed E-state index contributed by atoms with van der Waals surface area (Å²) in [6.07, 6.45) is 5.61. The highest BCUT2D eigenvalue weighted by molar-refractivity contribution is 5.86. The van der Waals surface area contributed by atoms with E-state index in [1.165, 1.54) is 6.33 Å². The summed E-state index contributed by atoms with van der Waals surface area (Å²) in [7, 11) is 0. The van der Waals surface area contributed by atoms with Crippen molar-refractivity contribution in [2.45, 2.75) is 6.92 Å². The molecule has 96 valence electrons. The lowest BCUT2D eigenvalue weighted by atomic mass is 10.2. The summed E-state index contributed by atoms with van der Waals surface area (Å²) in [6.45, 7) is 5.75. The van der Waals surface area contributed by atoms with E-state index in [4.69, 9.17) is 10.2 Å². The number of nitrogens with zero attached hydrogens (tertiary/aromatic N) is 2. The topological polar surface area (TPSA) is 82.0 Å². The fourth-order valence-corrected chi connectivity index (χ4v) is 1.64. The number of furan rings is 1. The number of anilines is 1. The van der Waals surface area contributed by atoms with Crippen LogP contribution in [0.25, 0.3) is 17.7 Å². The fourth-order valence-electron chi connectivity index (χ4n) is 1.64. The predicted molar refractivity (Wildman–Crippen MR) is 73.4 cm³/mol. The molecule has 0 aliphatic rings. The summed E-state index contributed by atoms with van der Waals surface area (Å²) >= 11 is 0. The second kappa shape index (κ2) is 5.30. The van der Waals surface area contributed by atoms with E-state index in [2.05, 4.69) is 16.5 Å². The first-order chi connectivity index (χ1) is 9.15. The van der Waals surface area contributed by atoms with Crippen LogP contribution in [0.1, 0.15) is 23.2 Å². The van der Waals surface area contributed by atoms with Gasteiger partial charge in [0.2, 0.25) is 0 Å². The molecule has 0 aliphatic heterocycles. The molecule has 0 saturated carbocycles. The van der Waals surface area contributed by atoms with Gasteiger partial charge in [-0.15, -0.1) is 0 Å². The van der Waals surface area contributed by atoms with Gasteiger partial charge in [-0.3, -0.25) is 4.79 Å². The quantitative estimate of drug-likeness (QED) is 0.819. The minimum atomic E-state index is 0.254. The Bertz CT molecular complexity index is 744. The summed E-state index contributed by atoms with van der Waals surface area (Å²) < 4.78 is 5.29. The van der Waals surface area contributed by atoms with Crippen LogP contribution in [0.4, 0.5) is 5.82 Å². The van der Waals surface area contributed by atoms with Crippen LogP contribution in [0.15, 0.2) is 29.5 Å². The van der Waals surface area contributed by atoms with Crippen molar-refractivity contribution in [2.24, 2.45) is 0 Å². The highest BCUT2D eigenvalue weighted by Gasteiger charge is 2.04. The number of aromatic nitrogens is 2. The monoisotopic (exact) mass is 255 g/mol. The molecule has 2 aromatic heterocycles. The lowest BCUT2D eigenvalue weighted by Gasteiger charge is -1.97. The Kier molecular flexibility index (Phi) is 3.56. The SMILES string of the molecule is C=C(/C=c1/c(N)ncn/c1=C/C)c1ccc(C=O)o1. The summed E-state index contributed by atoms with van der Waals surface area (Å²) in [5, 5.41) is 1.40. The van der Waals surface area contributed by atoms with E-state index in [1.807, 2.05) is 13.0 Å². The number of hydrogen-bond acceptors (Lipinski definition) is 5. The molecule has 0 fully saturated rings. The Morgan fingerprint density at radius 3 is 2.84 bits per heavy atom. The van der Waals surface area contributed by atoms with Crippen LogP contribution < -0.4 is 16.3 Å². The number of aldehydes is 1. The van der Waals surface area contributed by atoms with Gasteiger partial charge in [-0.25, -0.2) is 9.97 Å². The zero-order valence-corrected chi connectivity index (χ0v) is 10.5. The molecule has 0 unspecified atom stereocenters. The first kappa shape index (κ1) is 12.8. The van der Waals surface area contributed by atoms with Crippen LogP contribution in [0, 0.1) is 0 Å². The Balaban J connectivity index is 2.53. The summed E-state index contributed by atoms with van der Waals surface area (Å²) in [5.74, 6) is 1.13. The van der Waals surface area contributed by atoms with Gasteiger partial charge in [0.1, 0.15) is 17.9 Å². The number of carbonyl (C=O) groups is 1. The Morgan fingerprint density at radius 2 is 2.21 bits per heavy atom. The zero-order valence-electron chi connectivity index (χ0n) is 10.5. The van der Waals surface area contributed by atoms with E-state index in [1.54, 1.807) is 18.2 Å². The van der Waals surface area contributed by atoms with Crippen molar-refractivity contribution >= 4 is 29.8 Å². The van der Waals surface area contributed by atoms with Crippen LogP contribution in [0.2, 0.25) is 0 Å². The molecular weight excluding hydrogens is 242 g/mol. The molecule has 2 aromatic rings. The highest BCUT2D eigenvalue weighted by atomic mass is 16.3. The standard InChI is InChI=1S/C14H13N3O2/c1-3-12-11(14(15)17-8-16-12)6-9(2)13-5-4-10(7-18)19-13/h3-8H,2H2,1H3,(H2,15,16,17)/b11-6+,12-3+. The number of carbonyl (C=O) groups excluding carboxylic acids is 1. The number of rotatable bonds is 3. The number of hydrogen-bond donors (Lipinski definition) is 1. The van der Waals surface area contributed by atoms with E-state index in [0.29, 0.717) is 28.7 Å². The van der Waals surface area contributed by atoms with Crippen molar-refractivity contribution in [1.29, 1.82) is 0 Å². The molecule has 0 aromatic carbocycles. The van der Waals surface area contributed by atoms with Gasteiger partial charge in [-0.05, 0) is 25.1 Å². The maximum Gasteiger partial charge on any atom is 0.185 e. The third-order valence-corrected chi connectivity index (χ3v) is 2.60. The third-order valence-electron chi connectivity index (χ3n) is 2.60. The number of allylic oxidation sites excluding steroid dienone is 1. The molecular formula is C14H13N3O2. The van der Waals surface area contributed by atoms with Gasteiger partial charge in [0.05, 0.1) is 5.35 Å². The van der Waals surface area contributed by atoms with Crippen LogP contribution in [-0.2, 0) is 0 Å². The van der Waals surface area contributed by atoms with E-state index >= 15 is 0 Å². The number of nitrogens with two attached hydrogens (primary N) is 1. The van der Waals surface area contributed by atoms with Gasteiger partial charge in [0.15, 0.2) is 12.0 Å². The second-order valence-corrected chi connectivity index (χ2v) is 3.84. The van der Waals surface area contributed by atoms with E-state index < -0.39 is 0 Å². The van der Waals surface area contributed by atoms with E-state index in [9.17, 15) is 4.79 Å². The smallest absolute Gasteiger partial charge is 0.185 e. The van der Waals surface area contributed by atoms with Crippen LogP contribution >= 0.6 is 0 Å². The van der Waals surface area contributed by atoms with Gasteiger partial charge in [-0.1, -0.05) is 12.7 Å². The Morgan fingerprint density at radius 1 is 1.42 bits per heavy atom. The number of nitrogen functional groups attached to an aromatic ring is 1. The van der Waals surface area contributed by atoms with Crippen molar-refractivity contribution in [3.05, 3.63) is 47.1 Å². The maximum absolute atomic E-state index is 10.6. The first-order valence-electron chi connectivity index (χ1n) is 5.64. The van der Waals surface area contributed by atoms with Crippen molar-refractivity contribution in [2.75, 3.05) is 5.73 Å². The van der Waals surface area contributed by atoms with Crippen molar-refractivity contribution in [1.82, 2.24) is 9.97 Å².